The predicted octanol–water partition coefficient (Wildman–Crippen LogP) is 7.95. The van der Waals surface area contributed by atoms with Crippen molar-refractivity contribution in [2.45, 2.75) is 20.1 Å². The molecular formula is C22H19BrCl2INO2. The van der Waals surface area contributed by atoms with Crippen LogP contribution < -0.4 is 14.8 Å². The minimum absolute atomic E-state index is 0.380. The molecule has 0 aliphatic rings. The molecule has 0 aromatic heterocycles. The molecule has 0 radical (unpaired) electrons. The molecule has 0 spiro atoms. The van der Waals surface area contributed by atoms with Crippen LogP contribution in [-0.2, 0) is 13.2 Å². The van der Waals surface area contributed by atoms with Gasteiger partial charge in [0.1, 0.15) is 6.61 Å². The van der Waals surface area contributed by atoms with Crippen LogP contribution in [0.1, 0.15) is 18.1 Å². The Morgan fingerprint density at radius 2 is 1.79 bits per heavy atom. The molecule has 3 aromatic carbocycles. The third-order valence-electron chi connectivity index (χ3n) is 4.12. The molecule has 3 nitrogen and oxygen atoms in total. The van der Waals surface area contributed by atoms with Crippen LogP contribution in [0.3, 0.4) is 0 Å². The molecule has 0 saturated heterocycles. The van der Waals surface area contributed by atoms with Crippen LogP contribution in [0.15, 0.2) is 59.1 Å². The van der Waals surface area contributed by atoms with Crippen LogP contribution in [-0.4, -0.2) is 6.61 Å². The summed E-state index contributed by atoms with van der Waals surface area (Å²) in [5, 5.41) is 4.75. The first-order valence-electron chi connectivity index (χ1n) is 8.98. The summed E-state index contributed by atoms with van der Waals surface area (Å²) in [6.07, 6.45) is 0. The lowest BCUT2D eigenvalue weighted by molar-refractivity contribution is 0.267. The second-order valence-corrected chi connectivity index (χ2v) is 9.03. The van der Waals surface area contributed by atoms with Crippen LogP contribution >= 0.6 is 61.7 Å². The topological polar surface area (TPSA) is 30.5 Å². The van der Waals surface area contributed by atoms with E-state index < -0.39 is 0 Å². The quantitative estimate of drug-likeness (QED) is 0.264. The molecule has 0 saturated carbocycles. The summed E-state index contributed by atoms with van der Waals surface area (Å²) in [5.74, 6) is 1.44. The molecule has 0 atom stereocenters. The molecule has 0 aliphatic heterocycles. The average molecular weight is 607 g/mol. The number of ether oxygens (including phenoxy) is 2. The van der Waals surface area contributed by atoms with Gasteiger partial charge in [0.05, 0.1) is 15.2 Å². The summed E-state index contributed by atoms with van der Waals surface area (Å²) in [6.45, 7) is 3.53. The second-order valence-electron chi connectivity index (χ2n) is 6.20. The monoisotopic (exact) mass is 605 g/mol. The maximum Gasteiger partial charge on any atom is 0.174 e. The average Bonchev–Trinajstić information content (AvgIpc) is 2.70. The van der Waals surface area contributed by atoms with Crippen LogP contribution in [0, 0.1) is 3.57 Å². The summed E-state index contributed by atoms with van der Waals surface area (Å²) in [5.41, 5.74) is 2.97. The zero-order valence-corrected chi connectivity index (χ0v) is 20.9. The van der Waals surface area contributed by atoms with Crippen molar-refractivity contribution < 1.29 is 9.47 Å². The van der Waals surface area contributed by atoms with Gasteiger partial charge in [-0.2, -0.15) is 0 Å². The van der Waals surface area contributed by atoms with Crippen molar-refractivity contribution in [3.8, 4) is 11.5 Å². The van der Waals surface area contributed by atoms with Gasteiger partial charge in [0.15, 0.2) is 11.5 Å². The van der Waals surface area contributed by atoms with Crippen molar-refractivity contribution in [2.24, 2.45) is 0 Å². The van der Waals surface area contributed by atoms with Gasteiger partial charge in [0.2, 0.25) is 0 Å². The van der Waals surface area contributed by atoms with E-state index in [1.807, 2.05) is 55.5 Å². The SMILES string of the molecule is CCOc1cc(CNc2ccc(Br)c(Cl)c2)cc(I)c1OCc1ccccc1Cl. The third-order valence-corrected chi connectivity index (χ3v) is 6.52. The molecule has 3 aromatic rings. The minimum atomic E-state index is 0.380. The van der Waals surface area contributed by atoms with E-state index in [-0.39, 0.29) is 0 Å². The molecular weight excluding hydrogens is 588 g/mol. The largest absolute Gasteiger partial charge is 0.490 e. The van der Waals surface area contributed by atoms with Gasteiger partial charge in [-0.15, -0.1) is 0 Å². The normalized spacial score (nSPS) is 10.7. The van der Waals surface area contributed by atoms with Gasteiger partial charge in [-0.25, -0.2) is 0 Å². The molecule has 0 aliphatic carbocycles. The van der Waals surface area contributed by atoms with Crippen molar-refractivity contribution in [3.63, 3.8) is 0 Å². The van der Waals surface area contributed by atoms with Gasteiger partial charge in [-0.05, 0) is 87.4 Å². The number of hydrogen-bond donors (Lipinski definition) is 1. The highest BCUT2D eigenvalue weighted by Crippen LogP contribution is 2.35. The summed E-state index contributed by atoms with van der Waals surface area (Å²) in [7, 11) is 0. The molecule has 1 N–H and O–H groups in total. The van der Waals surface area contributed by atoms with Gasteiger partial charge in [0, 0.05) is 27.3 Å². The standard InChI is InChI=1S/C22H19BrCl2INO2/c1-2-28-21-10-14(12-27-16-7-8-17(23)19(25)11-16)9-20(26)22(21)29-13-15-5-3-4-6-18(15)24/h3-11,27H,2,12-13H2,1H3. The number of anilines is 1. The maximum absolute atomic E-state index is 6.24. The van der Waals surface area contributed by atoms with E-state index in [2.05, 4.69) is 49.9 Å². The number of hydrogen-bond acceptors (Lipinski definition) is 3. The number of nitrogens with one attached hydrogen (secondary N) is 1. The van der Waals surface area contributed by atoms with Crippen molar-refractivity contribution in [1.82, 2.24) is 0 Å². The summed E-state index contributed by atoms with van der Waals surface area (Å²) < 4.78 is 13.8. The zero-order chi connectivity index (χ0) is 20.8. The third kappa shape index (κ3) is 6.17. The first kappa shape index (κ1) is 22.5. The van der Waals surface area contributed by atoms with Gasteiger partial charge < -0.3 is 14.8 Å². The Balaban J connectivity index is 1.76. The maximum atomic E-state index is 6.24. The lowest BCUT2D eigenvalue weighted by Crippen LogP contribution is -2.05. The van der Waals surface area contributed by atoms with E-state index in [9.17, 15) is 0 Å². The summed E-state index contributed by atoms with van der Waals surface area (Å²) in [6, 6.07) is 17.5. The zero-order valence-electron chi connectivity index (χ0n) is 15.6. The molecule has 0 amide bonds. The molecule has 0 heterocycles. The lowest BCUT2D eigenvalue weighted by Gasteiger charge is -2.16. The first-order valence-corrected chi connectivity index (χ1v) is 11.6. The molecule has 3 rings (SSSR count). The van der Waals surface area contributed by atoms with E-state index in [1.54, 1.807) is 0 Å². The van der Waals surface area contributed by atoms with Gasteiger partial charge in [-0.1, -0.05) is 41.4 Å². The minimum Gasteiger partial charge on any atom is -0.490 e. The number of halogens is 4. The molecule has 0 bridgehead atoms. The molecule has 7 heteroatoms. The smallest absolute Gasteiger partial charge is 0.174 e. The Hall–Kier alpha value is -1.15. The van der Waals surface area contributed by atoms with Crippen LogP contribution in [0.4, 0.5) is 5.69 Å². The Bertz CT molecular complexity index is 1000. The fourth-order valence-electron chi connectivity index (χ4n) is 2.70. The van der Waals surface area contributed by atoms with Crippen LogP contribution in [0.2, 0.25) is 10.0 Å². The Labute approximate surface area is 203 Å². The lowest BCUT2D eigenvalue weighted by atomic mass is 10.2. The van der Waals surface area contributed by atoms with Crippen molar-refractivity contribution in [3.05, 3.63) is 83.8 Å². The highest BCUT2D eigenvalue weighted by Gasteiger charge is 2.13. The summed E-state index contributed by atoms with van der Waals surface area (Å²) >= 11 is 18.1. The highest BCUT2D eigenvalue weighted by atomic mass is 127. The first-order chi connectivity index (χ1) is 14.0. The van der Waals surface area contributed by atoms with Gasteiger partial charge >= 0.3 is 0 Å². The molecule has 152 valence electrons. The molecule has 29 heavy (non-hydrogen) atoms. The van der Waals surface area contributed by atoms with Crippen molar-refractivity contribution in [2.75, 3.05) is 11.9 Å². The van der Waals surface area contributed by atoms with Gasteiger partial charge in [-0.3, -0.25) is 0 Å². The van der Waals surface area contributed by atoms with Crippen molar-refractivity contribution in [1.29, 1.82) is 0 Å². The number of rotatable bonds is 8. The van der Waals surface area contributed by atoms with E-state index in [1.165, 1.54) is 0 Å². The van der Waals surface area contributed by atoms with Crippen molar-refractivity contribution >= 4 is 67.4 Å². The predicted molar refractivity (Wildman–Crippen MR) is 133 cm³/mol. The van der Waals surface area contributed by atoms with Crippen LogP contribution in [0.25, 0.3) is 0 Å². The molecule has 0 fully saturated rings. The van der Waals surface area contributed by atoms with E-state index >= 15 is 0 Å². The van der Waals surface area contributed by atoms with Crippen LogP contribution in [0.5, 0.6) is 11.5 Å². The number of benzene rings is 3. The Kier molecular flexibility index (Phi) is 8.35. The fourth-order valence-corrected chi connectivity index (χ4v) is 4.14. The Morgan fingerprint density at radius 3 is 2.52 bits per heavy atom. The van der Waals surface area contributed by atoms with Gasteiger partial charge in [0.25, 0.3) is 0 Å². The van der Waals surface area contributed by atoms with E-state index in [0.717, 1.165) is 36.4 Å². The van der Waals surface area contributed by atoms with E-state index in [0.29, 0.717) is 29.8 Å². The molecule has 0 unspecified atom stereocenters. The fraction of sp³-hybridized carbons (Fsp3) is 0.182. The highest BCUT2D eigenvalue weighted by molar-refractivity contribution is 14.1. The second kappa shape index (κ2) is 10.8. The van der Waals surface area contributed by atoms with E-state index in [4.69, 9.17) is 32.7 Å². The summed E-state index contributed by atoms with van der Waals surface area (Å²) in [4.78, 5) is 0. The Morgan fingerprint density at radius 1 is 1.00 bits per heavy atom.